The Morgan fingerprint density at radius 1 is 0.921 bits per heavy atom. The lowest BCUT2D eigenvalue weighted by molar-refractivity contribution is -0.141. The third-order valence-corrected chi connectivity index (χ3v) is 10.1. The van der Waals surface area contributed by atoms with Crippen LogP contribution in [0.4, 0.5) is 19.2 Å². The van der Waals surface area contributed by atoms with Crippen molar-refractivity contribution in [3.8, 4) is 5.75 Å². The number of carbonyl (C=O) groups excluding carboxylic acids is 6. The number of nitrogens with zero attached hydrogens (tertiary/aromatic N) is 2. The monoisotopic (exact) mass is 846 g/mol. The molecule has 4 N–H and O–H groups in total. The number of carbonyl (C=O) groups is 6. The Labute approximate surface area is 378 Å². The van der Waals surface area contributed by atoms with E-state index < -0.39 is 91.6 Å². The maximum atomic E-state index is 14.5. The van der Waals surface area contributed by atoms with Crippen molar-refractivity contribution >= 4 is 107 Å². The minimum absolute atomic E-state index is 0.00466. The van der Waals surface area contributed by atoms with Gasteiger partial charge in [0.15, 0.2) is 0 Å². The molecule has 0 aromatic heterocycles. The summed E-state index contributed by atoms with van der Waals surface area (Å²) in [4.78, 5) is 82.3. The first-order valence-corrected chi connectivity index (χ1v) is 20.6. The summed E-state index contributed by atoms with van der Waals surface area (Å²) in [6.45, 7) is 6.85. The van der Waals surface area contributed by atoms with E-state index in [9.17, 15) is 28.8 Å². The largest absolute Gasteiger partial charge is 0.513 e. The minimum atomic E-state index is -1.23. The molecule has 6 amide bonds. The van der Waals surface area contributed by atoms with E-state index in [1.807, 2.05) is 6.07 Å². The summed E-state index contributed by atoms with van der Waals surface area (Å²) in [6, 6.07) is 15.3. The van der Waals surface area contributed by atoms with Gasteiger partial charge in [-0.1, -0.05) is 60.7 Å². The number of hydrogen-bond acceptors (Lipinski definition) is 10. The van der Waals surface area contributed by atoms with Crippen LogP contribution in [0.2, 0.25) is 12.1 Å². The van der Waals surface area contributed by atoms with Crippen molar-refractivity contribution in [3.05, 3.63) is 78.5 Å². The number of para-hydroxylation sites is 1. The summed E-state index contributed by atoms with van der Waals surface area (Å²) >= 11 is 0. The zero-order valence-corrected chi connectivity index (χ0v) is 36.4. The lowest BCUT2D eigenvalue weighted by Gasteiger charge is -2.36. The van der Waals surface area contributed by atoms with E-state index in [1.54, 1.807) is 89.2 Å². The lowest BCUT2D eigenvalue weighted by atomic mass is 8.57. The molecule has 4 rings (SSSR count). The predicted molar refractivity (Wildman–Crippen MR) is 249 cm³/mol. The Morgan fingerprint density at radius 3 is 2.17 bits per heavy atom. The molecule has 0 bridgehead atoms. The lowest BCUT2D eigenvalue weighted by Crippen LogP contribution is -2.63. The first kappa shape index (κ1) is 50.5. The zero-order chi connectivity index (χ0) is 46.5. The number of rotatable bonds is 20. The van der Waals surface area contributed by atoms with Crippen LogP contribution in [0.5, 0.6) is 5.75 Å². The molecule has 316 valence electrons. The zero-order valence-electron chi connectivity index (χ0n) is 36.4. The fourth-order valence-corrected chi connectivity index (χ4v) is 6.97. The van der Waals surface area contributed by atoms with E-state index in [2.05, 4.69) is 21.3 Å². The molecule has 2 aliphatic rings. The third kappa shape index (κ3) is 16.8. The molecule has 10 radical (unpaired) electrons. The summed E-state index contributed by atoms with van der Waals surface area (Å²) in [7, 11) is 30.5. The smallest absolute Gasteiger partial charge is 0.445 e. The van der Waals surface area contributed by atoms with Gasteiger partial charge in [-0.2, -0.15) is 0 Å². The maximum Gasteiger partial charge on any atom is 0.513 e. The summed E-state index contributed by atoms with van der Waals surface area (Å²) in [6.07, 6.45) is -3.29. The number of alkyl carbamates (subject to hydrolysis) is 2. The average Bonchev–Trinajstić information content (AvgIpc) is 3.96. The van der Waals surface area contributed by atoms with Crippen LogP contribution >= 0.6 is 0 Å². The molecule has 0 spiro atoms. The van der Waals surface area contributed by atoms with Crippen LogP contribution in [-0.2, 0) is 30.4 Å². The molecule has 3 unspecified atom stereocenters. The van der Waals surface area contributed by atoms with Crippen LogP contribution in [0.3, 0.4) is 0 Å². The molecule has 16 nitrogen and oxygen atoms in total. The highest BCUT2D eigenvalue weighted by atomic mass is 16.7. The fourth-order valence-electron chi connectivity index (χ4n) is 6.97. The number of benzene rings is 2. The molecule has 2 aromatic carbocycles. The summed E-state index contributed by atoms with van der Waals surface area (Å²) in [5, 5.41) is 10.6. The van der Waals surface area contributed by atoms with Gasteiger partial charge in [-0.3, -0.25) is 19.8 Å². The second-order valence-electron chi connectivity index (χ2n) is 17.2. The average molecular weight is 845 g/mol. The Bertz CT molecular complexity index is 1920. The van der Waals surface area contributed by atoms with Gasteiger partial charge in [0.2, 0.25) is 11.8 Å². The molecule has 0 saturated carbocycles. The third-order valence-electron chi connectivity index (χ3n) is 10.1. The second kappa shape index (κ2) is 23.0. The first-order chi connectivity index (χ1) is 29.6. The molecule has 26 heteroatoms. The number of urea groups is 1. The van der Waals surface area contributed by atoms with Crippen molar-refractivity contribution in [3.63, 3.8) is 0 Å². The van der Waals surface area contributed by atoms with Crippen LogP contribution in [-0.4, -0.2) is 166 Å². The standard InChI is InChI=1S/C37H48B10N6O10/c1-36(2,3)63-33(57)48-17-19-53(30(54)22-52-18-16-29(49-32(52)56)50-34(58)60-23-25-12-8-6-9-13-25)28(20-26-21-43(26)47(45(40)41)46(42)44(38)39)31(55)51-37(4,5)24-61-35(59)62-27-14-10-7-11-15-27/h6-16,18,26,28-29H,17,19-24H2,1-5H3,(H,48,57)(H,49,56)(H,50,58)(H,51,55). The van der Waals surface area contributed by atoms with Crippen LogP contribution in [0.1, 0.15) is 46.6 Å². The molecule has 0 aliphatic carbocycles. The van der Waals surface area contributed by atoms with Crippen molar-refractivity contribution in [2.45, 2.75) is 83.1 Å². The topological polar surface area (TPSA) is 194 Å². The number of amides is 6. The Morgan fingerprint density at radius 2 is 1.57 bits per heavy atom. The maximum absolute atomic E-state index is 14.5. The highest BCUT2D eigenvalue weighted by molar-refractivity contribution is 8.01. The molecular weight excluding hydrogens is 797 g/mol. The van der Waals surface area contributed by atoms with Gasteiger partial charge in [0.05, 0.1) is 12.1 Å². The van der Waals surface area contributed by atoms with Gasteiger partial charge < -0.3 is 39.8 Å². The van der Waals surface area contributed by atoms with E-state index >= 15 is 0 Å². The molecular formula is C37H48B10N6O10. The number of nitrogens with one attached hydrogen (secondary N) is 4. The molecule has 3 atom stereocenters. The molecule has 2 heterocycles. The van der Waals surface area contributed by atoms with Crippen molar-refractivity contribution in [1.29, 1.82) is 0 Å². The van der Waals surface area contributed by atoms with Gasteiger partial charge in [-0.15, -0.1) is 0 Å². The Balaban J connectivity index is 1.55. The van der Waals surface area contributed by atoms with Crippen LogP contribution in [0.25, 0.3) is 0 Å². The highest BCUT2D eigenvalue weighted by Gasteiger charge is 2.52. The van der Waals surface area contributed by atoms with Gasteiger partial charge in [0.1, 0.15) is 43.3 Å². The fraction of sp³-hybridized carbons (Fsp3) is 0.459. The Hall–Kier alpha value is -5.15. The minimum Gasteiger partial charge on any atom is -0.445 e. The van der Waals surface area contributed by atoms with E-state index in [0.29, 0.717) is 6.32 Å². The second-order valence-corrected chi connectivity index (χ2v) is 17.2. The highest BCUT2D eigenvalue weighted by Crippen LogP contribution is 2.44. The SMILES string of the molecule is [B]B([B])B([B])B(B([B])[B])B1CC1CC(C(=O)NC(C)(C)COC(=O)Oc1ccccc1)N(CCNC(=O)OC(C)(C)C)C(=O)CN1C=CC(NC(=O)OCc2ccccc2)NC1=O. The van der Waals surface area contributed by atoms with Crippen LogP contribution < -0.4 is 26.0 Å². The van der Waals surface area contributed by atoms with Gasteiger partial charge >= 0.3 is 24.4 Å². The molecule has 1 saturated heterocycles. The summed E-state index contributed by atoms with van der Waals surface area (Å²) in [5.74, 6) is -1.30. The quantitative estimate of drug-likeness (QED) is 0.0632. The van der Waals surface area contributed by atoms with E-state index in [4.69, 9.17) is 57.6 Å². The summed E-state index contributed by atoms with van der Waals surface area (Å²) in [5.41, 5.74) is -1.26. The number of ether oxygens (including phenoxy) is 4. The molecule has 1 fully saturated rings. The van der Waals surface area contributed by atoms with Crippen molar-refractivity contribution in [2.75, 3.05) is 26.2 Å². The summed E-state index contributed by atoms with van der Waals surface area (Å²) < 4.78 is 21.2. The van der Waals surface area contributed by atoms with Crippen molar-refractivity contribution < 1.29 is 47.7 Å². The van der Waals surface area contributed by atoms with E-state index in [1.165, 1.54) is 17.2 Å². The van der Waals surface area contributed by atoms with Crippen molar-refractivity contribution in [1.82, 2.24) is 31.1 Å². The van der Waals surface area contributed by atoms with E-state index in [-0.39, 0.29) is 50.9 Å². The van der Waals surface area contributed by atoms with Crippen molar-refractivity contribution in [2.24, 2.45) is 0 Å². The van der Waals surface area contributed by atoms with Gasteiger partial charge in [-0.25, -0.2) is 19.2 Å². The number of hydrogen-bond donors (Lipinski definition) is 4. The van der Waals surface area contributed by atoms with Crippen LogP contribution in [0.15, 0.2) is 72.9 Å². The predicted octanol–water partition coefficient (Wildman–Crippen LogP) is 0.498. The van der Waals surface area contributed by atoms with Gasteiger partial charge in [-0.05, 0) is 64.8 Å². The molecule has 2 aliphatic heterocycles. The van der Waals surface area contributed by atoms with E-state index in [0.717, 1.165) is 10.5 Å². The molecule has 2 aromatic rings. The Kier molecular flexibility index (Phi) is 18.4. The normalized spacial score (nSPS) is 16.0. The van der Waals surface area contributed by atoms with Gasteiger partial charge in [0, 0.05) is 83.5 Å². The molecule has 63 heavy (non-hydrogen) atoms. The van der Waals surface area contributed by atoms with Crippen LogP contribution in [0, 0.1) is 0 Å². The first-order valence-electron chi connectivity index (χ1n) is 20.6. The van der Waals surface area contributed by atoms with Gasteiger partial charge in [0.25, 0.3) is 0 Å².